The Morgan fingerprint density at radius 2 is 2.33 bits per heavy atom. The van der Waals surface area contributed by atoms with E-state index in [0.29, 0.717) is 11.7 Å². The molecule has 0 bridgehead atoms. The number of hydrogen-bond acceptors (Lipinski definition) is 3. The lowest BCUT2D eigenvalue weighted by molar-refractivity contribution is 0.273. The lowest BCUT2D eigenvalue weighted by atomic mass is 10.1. The average Bonchev–Trinajstić information content (AvgIpc) is 2.50. The topological polar surface area (TPSA) is 23.5 Å². The van der Waals surface area contributed by atoms with Crippen molar-refractivity contribution in [3.05, 3.63) is 35.1 Å². The fraction of sp³-hybridized carbons (Fsp3) is 0.529. The van der Waals surface area contributed by atoms with Crippen LogP contribution < -0.4 is 0 Å². The van der Waals surface area contributed by atoms with Gasteiger partial charge in [0.15, 0.2) is 0 Å². The number of nitrogens with zero attached hydrogens (tertiary/aromatic N) is 1. The second-order valence-electron chi connectivity index (χ2n) is 5.21. The first-order valence-electron chi connectivity index (χ1n) is 7.45. The molecule has 2 nitrogen and oxygen atoms in total. The van der Waals surface area contributed by atoms with Crippen molar-refractivity contribution < 1.29 is 9.50 Å². The summed E-state index contributed by atoms with van der Waals surface area (Å²) in [5.74, 6) is 6.78. The van der Waals surface area contributed by atoms with Gasteiger partial charge in [-0.05, 0) is 24.1 Å². The number of rotatable bonds is 4. The van der Waals surface area contributed by atoms with Gasteiger partial charge in [0.1, 0.15) is 5.82 Å². The van der Waals surface area contributed by atoms with Crippen LogP contribution in [0.2, 0.25) is 0 Å². The molecule has 1 heterocycles. The van der Waals surface area contributed by atoms with E-state index in [4.69, 9.17) is 5.11 Å². The maximum absolute atomic E-state index is 13.4. The average molecular weight is 307 g/mol. The van der Waals surface area contributed by atoms with Crippen molar-refractivity contribution in [2.75, 3.05) is 25.4 Å². The minimum absolute atomic E-state index is 0.0409. The number of hydrogen-bond donors (Lipinski definition) is 1. The van der Waals surface area contributed by atoms with Crippen LogP contribution in [0, 0.1) is 17.7 Å². The first-order chi connectivity index (χ1) is 10.2. The van der Waals surface area contributed by atoms with E-state index in [0.717, 1.165) is 36.5 Å². The molecule has 1 atom stereocenters. The number of aliphatic hydroxyl groups is 1. The number of halogens is 1. The maximum atomic E-state index is 13.4. The summed E-state index contributed by atoms with van der Waals surface area (Å²) in [6.07, 6.45) is 1.61. The lowest BCUT2D eigenvalue weighted by Gasteiger charge is -2.32. The molecule has 0 aromatic heterocycles. The Balaban J connectivity index is 2.10. The van der Waals surface area contributed by atoms with Gasteiger partial charge in [-0.1, -0.05) is 24.8 Å². The molecule has 1 N–H and O–H groups in total. The lowest BCUT2D eigenvalue weighted by Crippen LogP contribution is -2.37. The minimum atomic E-state index is -0.257. The second-order valence-corrected chi connectivity index (χ2v) is 6.62. The number of thioether (sulfide) groups is 1. The van der Waals surface area contributed by atoms with Crippen LogP contribution in [0.1, 0.15) is 30.9 Å². The molecule has 0 saturated carbocycles. The van der Waals surface area contributed by atoms with Crippen molar-refractivity contribution in [3.8, 4) is 11.8 Å². The van der Waals surface area contributed by atoms with Crippen LogP contribution >= 0.6 is 11.8 Å². The summed E-state index contributed by atoms with van der Waals surface area (Å²) in [4.78, 5) is 2.43. The summed E-state index contributed by atoms with van der Waals surface area (Å²) in [6, 6.07) is 4.83. The molecule has 1 unspecified atom stereocenters. The van der Waals surface area contributed by atoms with Gasteiger partial charge in [0, 0.05) is 42.6 Å². The van der Waals surface area contributed by atoms with E-state index >= 15 is 0 Å². The van der Waals surface area contributed by atoms with Crippen molar-refractivity contribution in [2.24, 2.45) is 0 Å². The van der Waals surface area contributed by atoms with Crippen molar-refractivity contribution in [1.29, 1.82) is 0 Å². The zero-order chi connectivity index (χ0) is 15.1. The third-order valence-corrected chi connectivity index (χ3v) is 4.98. The summed E-state index contributed by atoms with van der Waals surface area (Å²) in [5.41, 5.74) is 1.82. The smallest absolute Gasteiger partial charge is 0.124 e. The Hall–Kier alpha value is -1.02. The van der Waals surface area contributed by atoms with Crippen LogP contribution in [0.3, 0.4) is 0 Å². The third kappa shape index (κ3) is 5.03. The first kappa shape index (κ1) is 16.4. The van der Waals surface area contributed by atoms with Crippen LogP contribution in [0.15, 0.2) is 18.2 Å². The van der Waals surface area contributed by atoms with Gasteiger partial charge in [0.05, 0.1) is 6.61 Å². The molecule has 1 aromatic rings. The monoisotopic (exact) mass is 307 g/mol. The molecule has 0 spiro atoms. The standard InChI is InChI=1S/C17H22FNOS/c1-2-17-13-19(8-10-21-17)12-15-6-7-16(18)11-14(15)5-3-4-9-20/h6-7,11,17,20H,2,4,8-10,12-13H2,1H3. The molecular weight excluding hydrogens is 285 g/mol. The van der Waals surface area contributed by atoms with E-state index in [2.05, 4.69) is 23.7 Å². The highest BCUT2D eigenvalue weighted by Gasteiger charge is 2.19. The quantitative estimate of drug-likeness (QED) is 0.865. The molecule has 1 fully saturated rings. The molecule has 0 radical (unpaired) electrons. The molecule has 0 amide bonds. The Labute approximate surface area is 130 Å². The summed E-state index contributed by atoms with van der Waals surface area (Å²) in [5, 5.41) is 9.50. The number of benzene rings is 1. The molecule has 2 rings (SSSR count). The van der Waals surface area contributed by atoms with E-state index in [1.54, 1.807) is 0 Å². The van der Waals surface area contributed by atoms with E-state index in [1.165, 1.54) is 18.6 Å². The summed E-state index contributed by atoms with van der Waals surface area (Å²) in [6.45, 7) is 5.24. The summed E-state index contributed by atoms with van der Waals surface area (Å²) < 4.78 is 13.4. The van der Waals surface area contributed by atoms with Crippen molar-refractivity contribution in [1.82, 2.24) is 4.90 Å². The third-order valence-electron chi connectivity index (χ3n) is 3.60. The van der Waals surface area contributed by atoms with Gasteiger partial charge in [-0.2, -0.15) is 11.8 Å². The minimum Gasteiger partial charge on any atom is -0.395 e. The highest BCUT2D eigenvalue weighted by molar-refractivity contribution is 8.00. The Bertz CT molecular complexity index is 523. The van der Waals surface area contributed by atoms with E-state index < -0.39 is 0 Å². The highest BCUT2D eigenvalue weighted by atomic mass is 32.2. The normalized spacial score (nSPS) is 19.1. The second kappa shape index (κ2) is 8.43. The summed E-state index contributed by atoms with van der Waals surface area (Å²) in [7, 11) is 0. The van der Waals surface area contributed by atoms with Crippen LogP contribution in [0.25, 0.3) is 0 Å². The summed E-state index contributed by atoms with van der Waals surface area (Å²) >= 11 is 2.04. The van der Waals surface area contributed by atoms with Gasteiger partial charge in [-0.15, -0.1) is 0 Å². The molecule has 1 aromatic carbocycles. The van der Waals surface area contributed by atoms with Crippen molar-refractivity contribution in [3.63, 3.8) is 0 Å². The molecule has 114 valence electrons. The van der Waals surface area contributed by atoms with Crippen LogP contribution in [-0.2, 0) is 6.54 Å². The Kier molecular flexibility index (Phi) is 6.56. The first-order valence-corrected chi connectivity index (χ1v) is 8.50. The highest BCUT2D eigenvalue weighted by Crippen LogP contribution is 2.23. The molecule has 4 heteroatoms. The Morgan fingerprint density at radius 3 is 3.10 bits per heavy atom. The van der Waals surface area contributed by atoms with E-state index in [9.17, 15) is 4.39 Å². The molecule has 1 aliphatic rings. The van der Waals surface area contributed by atoms with Gasteiger partial charge in [-0.3, -0.25) is 4.90 Å². The van der Waals surface area contributed by atoms with Crippen LogP contribution in [0.5, 0.6) is 0 Å². The van der Waals surface area contributed by atoms with Gasteiger partial charge in [0.25, 0.3) is 0 Å². The van der Waals surface area contributed by atoms with Crippen molar-refractivity contribution >= 4 is 11.8 Å². The largest absolute Gasteiger partial charge is 0.395 e. The maximum Gasteiger partial charge on any atom is 0.124 e. The van der Waals surface area contributed by atoms with E-state index in [1.807, 2.05) is 17.8 Å². The predicted molar refractivity (Wildman–Crippen MR) is 86.8 cm³/mol. The van der Waals surface area contributed by atoms with Gasteiger partial charge in [-0.25, -0.2) is 4.39 Å². The molecule has 21 heavy (non-hydrogen) atoms. The zero-order valence-electron chi connectivity index (χ0n) is 12.4. The fourth-order valence-electron chi connectivity index (χ4n) is 2.43. The van der Waals surface area contributed by atoms with Gasteiger partial charge in [0.2, 0.25) is 0 Å². The molecular formula is C17H22FNOS. The predicted octanol–water partition coefficient (Wildman–Crippen LogP) is 2.89. The van der Waals surface area contributed by atoms with Crippen molar-refractivity contribution in [2.45, 2.75) is 31.6 Å². The van der Waals surface area contributed by atoms with Gasteiger partial charge >= 0.3 is 0 Å². The fourth-order valence-corrected chi connectivity index (χ4v) is 3.68. The zero-order valence-corrected chi connectivity index (χ0v) is 13.3. The molecule has 1 saturated heterocycles. The van der Waals surface area contributed by atoms with E-state index in [-0.39, 0.29) is 12.4 Å². The van der Waals surface area contributed by atoms with Crippen LogP contribution in [0.4, 0.5) is 4.39 Å². The van der Waals surface area contributed by atoms with Crippen LogP contribution in [-0.4, -0.2) is 40.7 Å². The Morgan fingerprint density at radius 1 is 1.48 bits per heavy atom. The van der Waals surface area contributed by atoms with Gasteiger partial charge < -0.3 is 5.11 Å². The SMILES string of the molecule is CCC1CN(Cc2ccc(F)cc2C#CCCO)CCS1. The molecule has 1 aliphatic heterocycles. The molecule has 0 aliphatic carbocycles. The number of aliphatic hydroxyl groups excluding tert-OH is 1.